The first-order valence-corrected chi connectivity index (χ1v) is 14.4. The van der Waals surface area contributed by atoms with Crippen LogP contribution in [0.4, 0.5) is 13.2 Å². The second kappa shape index (κ2) is 8.89. The number of piperidine rings is 1. The maximum Gasteiger partial charge on any atom is 0.416 e. The first kappa shape index (κ1) is 26.7. The van der Waals surface area contributed by atoms with Gasteiger partial charge in [0.2, 0.25) is 0 Å². The van der Waals surface area contributed by atoms with Crippen LogP contribution >= 0.6 is 0 Å². The van der Waals surface area contributed by atoms with Crippen LogP contribution in [0.2, 0.25) is 0 Å². The largest absolute Gasteiger partial charge is 0.504 e. The van der Waals surface area contributed by atoms with Gasteiger partial charge in [-0.3, -0.25) is 9.69 Å². The number of likely N-dealkylation sites (tertiary alicyclic amines) is 1. The fourth-order valence-electron chi connectivity index (χ4n) is 8.36. The van der Waals surface area contributed by atoms with Crippen LogP contribution in [0.1, 0.15) is 54.9 Å². The Labute approximate surface area is 237 Å². The van der Waals surface area contributed by atoms with Gasteiger partial charge >= 0.3 is 6.18 Å². The Balaban J connectivity index is 1.23. The molecule has 0 unspecified atom stereocenters. The summed E-state index contributed by atoms with van der Waals surface area (Å²) in [6.07, 6.45) is -0.729. The summed E-state index contributed by atoms with van der Waals surface area (Å²) in [4.78, 5) is 17.4. The van der Waals surface area contributed by atoms with Crippen molar-refractivity contribution in [1.82, 2.24) is 9.80 Å². The molecule has 1 spiro atoms. The molecule has 0 radical (unpaired) electrons. The predicted molar refractivity (Wildman–Crippen MR) is 144 cm³/mol. The van der Waals surface area contributed by atoms with Gasteiger partial charge in [-0.05, 0) is 86.4 Å². The number of ether oxygens (including phenoxy) is 1. The molecule has 6 nitrogen and oxygen atoms in total. The second-order valence-electron chi connectivity index (χ2n) is 12.6. The molecule has 1 amide bonds. The molecule has 0 aromatic heterocycles. The van der Waals surface area contributed by atoms with Crippen molar-refractivity contribution in [2.75, 3.05) is 20.1 Å². The third-order valence-electron chi connectivity index (χ3n) is 10.5. The Morgan fingerprint density at radius 3 is 2.61 bits per heavy atom. The lowest BCUT2D eigenvalue weighted by Crippen LogP contribution is -2.80. The van der Waals surface area contributed by atoms with Crippen molar-refractivity contribution >= 4 is 5.91 Å². The van der Waals surface area contributed by atoms with E-state index in [-0.39, 0.29) is 17.7 Å². The first-order chi connectivity index (χ1) is 19.4. The van der Waals surface area contributed by atoms with E-state index in [1.165, 1.54) is 25.0 Å². The number of nitrogens with zero attached hydrogens (tertiary/aromatic N) is 2. The normalized spacial score (nSPS) is 33.3. The highest BCUT2D eigenvalue weighted by molar-refractivity contribution is 5.94. The lowest BCUT2D eigenvalue weighted by molar-refractivity contribution is -0.224. The molecule has 6 atom stereocenters. The van der Waals surface area contributed by atoms with Gasteiger partial charge in [0.05, 0.1) is 22.6 Å². The molecule has 2 aliphatic heterocycles. The van der Waals surface area contributed by atoms with Gasteiger partial charge in [0.15, 0.2) is 11.5 Å². The molecule has 2 aromatic carbocycles. The van der Waals surface area contributed by atoms with Crippen molar-refractivity contribution in [1.29, 1.82) is 0 Å². The summed E-state index contributed by atoms with van der Waals surface area (Å²) in [7, 11) is 1.66. The predicted octanol–water partition coefficient (Wildman–Crippen LogP) is 4.10. The van der Waals surface area contributed by atoms with Crippen LogP contribution in [-0.2, 0) is 22.8 Å². The molecular weight excluding hydrogens is 533 g/mol. The third kappa shape index (κ3) is 3.76. The highest BCUT2D eigenvalue weighted by Crippen LogP contribution is 2.67. The van der Waals surface area contributed by atoms with Gasteiger partial charge in [0.1, 0.15) is 6.10 Å². The third-order valence-corrected chi connectivity index (χ3v) is 10.5. The summed E-state index contributed by atoms with van der Waals surface area (Å²) in [5, 5.41) is 23.7. The SMILES string of the molecule is C[C@H]1C[C@@H](N(C)C(=O)C#Cc2ccc(C(F)(F)F)cc2)[C@H]2Oc3c(O)ccc4c3[C@@]23CCN(CC2CC2)[C@H](C4)[C@]13O. The number of phenols is 1. The van der Waals surface area contributed by atoms with E-state index in [0.717, 1.165) is 36.3 Å². The van der Waals surface area contributed by atoms with Gasteiger partial charge in [-0.15, -0.1) is 0 Å². The number of alkyl halides is 3. The highest BCUT2D eigenvalue weighted by atomic mass is 19.4. The lowest BCUT2D eigenvalue weighted by Gasteiger charge is -2.66. The van der Waals surface area contributed by atoms with Gasteiger partial charge in [0, 0.05) is 36.7 Å². The van der Waals surface area contributed by atoms with Crippen LogP contribution in [0.15, 0.2) is 36.4 Å². The summed E-state index contributed by atoms with van der Waals surface area (Å²) < 4.78 is 45.3. The van der Waals surface area contributed by atoms with E-state index in [9.17, 15) is 28.2 Å². The molecule has 3 aliphatic carbocycles. The minimum Gasteiger partial charge on any atom is -0.504 e. The topological polar surface area (TPSA) is 73.2 Å². The highest BCUT2D eigenvalue weighted by Gasteiger charge is 2.75. The Hall–Kier alpha value is -3.22. The molecule has 9 heteroatoms. The second-order valence-corrected chi connectivity index (χ2v) is 12.6. The maximum absolute atomic E-state index is 13.4. The molecule has 7 rings (SSSR count). The molecule has 41 heavy (non-hydrogen) atoms. The molecule has 216 valence electrons. The average Bonchev–Trinajstić information content (AvgIpc) is 3.68. The minimum atomic E-state index is -4.44. The number of carbonyl (C=O) groups excluding carboxylic acids is 1. The number of aliphatic hydroxyl groups is 1. The summed E-state index contributed by atoms with van der Waals surface area (Å²) in [6.45, 7) is 3.84. The van der Waals surface area contributed by atoms with Crippen molar-refractivity contribution < 1.29 is 32.9 Å². The fourth-order valence-corrected chi connectivity index (χ4v) is 8.36. The van der Waals surface area contributed by atoms with E-state index >= 15 is 0 Å². The number of hydrogen-bond donors (Lipinski definition) is 2. The van der Waals surface area contributed by atoms with Crippen molar-refractivity contribution in [3.05, 3.63) is 58.7 Å². The average molecular weight is 567 g/mol. The molecular formula is C32H33F3N2O4. The number of benzene rings is 2. The molecule has 5 aliphatic rings. The summed E-state index contributed by atoms with van der Waals surface area (Å²) in [5.74, 6) is 5.78. The molecule has 1 saturated heterocycles. The van der Waals surface area contributed by atoms with Crippen LogP contribution in [0.25, 0.3) is 0 Å². The van der Waals surface area contributed by atoms with Gasteiger partial charge in [0.25, 0.3) is 5.91 Å². The van der Waals surface area contributed by atoms with E-state index < -0.39 is 40.8 Å². The number of phenolic OH excluding ortho intramolecular Hbond substituents is 1. The van der Waals surface area contributed by atoms with E-state index in [2.05, 4.69) is 23.7 Å². The van der Waals surface area contributed by atoms with Crippen LogP contribution in [0.3, 0.4) is 0 Å². The number of amides is 1. The van der Waals surface area contributed by atoms with Gasteiger partial charge in [-0.1, -0.05) is 18.9 Å². The fraction of sp³-hybridized carbons (Fsp3) is 0.531. The van der Waals surface area contributed by atoms with E-state index in [1.54, 1.807) is 18.0 Å². The van der Waals surface area contributed by atoms with Crippen LogP contribution in [-0.4, -0.2) is 69.8 Å². The Morgan fingerprint density at radius 1 is 1.20 bits per heavy atom. The zero-order valence-corrected chi connectivity index (χ0v) is 23.0. The van der Waals surface area contributed by atoms with E-state index in [0.29, 0.717) is 36.5 Å². The van der Waals surface area contributed by atoms with Crippen molar-refractivity contribution in [2.45, 2.75) is 74.4 Å². The standard InChI is InChI=1S/C32H33F3N2O4/c1-18-15-23(36(2)26(39)12-7-19-5-9-22(10-6-19)32(33,34)35)29-30-13-14-37(17-20-3-4-20)25(31(18,30)40)16-21-8-11-24(38)28(41-29)27(21)30/h5-6,8-11,18,20,23,25,29,38,40H,3-4,13-17H2,1-2H3/t18-,23+,25+,29+,30-,31+/m0/s1. The Kier molecular flexibility index (Phi) is 5.78. The molecule has 2 N–H and O–H groups in total. The van der Waals surface area contributed by atoms with E-state index in [4.69, 9.17) is 4.74 Å². The number of likely N-dealkylation sites (N-methyl/N-ethyl adjacent to an activating group) is 1. The van der Waals surface area contributed by atoms with Crippen molar-refractivity contribution in [3.63, 3.8) is 0 Å². The molecule has 2 bridgehead atoms. The summed E-state index contributed by atoms with van der Waals surface area (Å²) in [5.41, 5.74) is -0.369. The number of hydrogen-bond acceptors (Lipinski definition) is 5. The smallest absolute Gasteiger partial charge is 0.416 e. The van der Waals surface area contributed by atoms with Gasteiger partial charge < -0.3 is 19.8 Å². The molecule has 3 fully saturated rings. The molecule has 2 aromatic rings. The number of rotatable bonds is 3. The zero-order valence-electron chi connectivity index (χ0n) is 23.0. The number of halogens is 3. The Morgan fingerprint density at radius 2 is 1.93 bits per heavy atom. The quantitative estimate of drug-likeness (QED) is 0.548. The maximum atomic E-state index is 13.4. The number of carbonyl (C=O) groups is 1. The molecule has 2 heterocycles. The molecule has 2 saturated carbocycles. The monoisotopic (exact) mass is 566 g/mol. The van der Waals surface area contributed by atoms with Crippen LogP contribution < -0.4 is 4.74 Å². The summed E-state index contributed by atoms with van der Waals surface area (Å²) >= 11 is 0. The summed E-state index contributed by atoms with van der Waals surface area (Å²) in [6, 6.07) is 7.51. The number of aromatic hydroxyl groups is 1. The minimum absolute atomic E-state index is 0.0382. The van der Waals surface area contributed by atoms with Crippen molar-refractivity contribution in [3.8, 4) is 23.3 Å². The van der Waals surface area contributed by atoms with Gasteiger partial charge in [-0.2, -0.15) is 13.2 Å². The van der Waals surface area contributed by atoms with E-state index in [1.807, 2.05) is 6.07 Å². The Bertz CT molecular complexity index is 1480. The van der Waals surface area contributed by atoms with Crippen LogP contribution in [0.5, 0.6) is 11.5 Å². The first-order valence-electron chi connectivity index (χ1n) is 14.4. The zero-order chi connectivity index (χ0) is 28.9. The lowest BCUT2D eigenvalue weighted by atomic mass is 9.45. The van der Waals surface area contributed by atoms with Crippen LogP contribution in [0, 0.1) is 23.7 Å². The van der Waals surface area contributed by atoms with Crippen molar-refractivity contribution in [2.24, 2.45) is 11.8 Å². The van der Waals surface area contributed by atoms with Gasteiger partial charge in [-0.25, -0.2) is 0 Å².